The number of anilines is 1. The van der Waals surface area contributed by atoms with E-state index in [4.69, 9.17) is 10.3 Å². The number of benzene rings is 1. The van der Waals surface area contributed by atoms with Crippen molar-refractivity contribution in [1.82, 2.24) is 10.1 Å². The second-order valence-corrected chi connectivity index (χ2v) is 4.49. The summed E-state index contributed by atoms with van der Waals surface area (Å²) < 4.78 is 19.1. The van der Waals surface area contributed by atoms with E-state index in [2.05, 4.69) is 10.1 Å². The third kappa shape index (κ3) is 2.03. The van der Waals surface area contributed by atoms with Gasteiger partial charge in [0, 0.05) is 18.0 Å². The number of aryl methyl sites for hydroxylation is 1. The van der Waals surface area contributed by atoms with Gasteiger partial charge in [0.15, 0.2) is 0 Å². The van der Waals surface area contributed by atoms with Crippen molar-refractivity contribution in [3.8, 4) is 22.4 Å². The molecule has 0 atom stereocenters. The van der Waals surface area contributed by atoms with Gasteiger partial charge in [-0.05, 0) is 36.8 Å². The molecule has 0 unspecified atom stereocenters. The topological polar surface area (TPSA) is 64.9 Å². The van der Waals surface area contributed by atoms with Gasteiger partial charge in [0.2, 0.25) is 5.88 Å². The fraction of sp³-hybridized carbons (Fsp3) is 0.0667. The van der Waals surface area contributed by atoms with Crippen molar-refractivity contribution in [2.24, 2.45) is 0 Å². The molecule has 100 valence electrons. The van der Waals surface area contributed by atoms with Crippen molar-refractivity contribution in [2.45, 2.75) is 6.92 Å². The monoisotopic (exact) mass is 269 g/mol. The smallest absolute Gasteiger partial charge is 0.230 e. The van der Waals surface area contributed by atoms with Crippen molar-refractivity contribution in [1.29, 1.82) is 0 Å². The summed E-state index contributed by atoms with van der Waals surface area (Å²) in [5.41, 5.74) is 8.90. The maximum Gasteiger partial charge on any atom is 0.230 e. The fourth-order valence-corrected chi connectivity index (χ4v) is 2.10. The van der Waals surface area contributed by atoms with Crippen LogP contribution < -0.4 is 5.73 Å². The highest BCUT2D eigenvalue weighted by Gasteiger charge is 2.19. The Balaban J connectivity index is 2.24. The normalized spacial score (nSPS) is 10.7. The summed E-state index contributed by atoms with van der Waals surface area (Å²) in [5, 5.41) is 3.90. The Hall–Kier alpha value is -2.69. The molecular weight excluding hydrogens is 257 g/mol. The van der Waals surface area contributed by atoms with Crippen molar-refractivity contribution < 1.29 is 8.91 Å². The first-order chi connectivity index (χ1) is 9.66. The molecule has 4 nitrogen and oxygen atoms in total. The minimum absolute atomic E-state index is 0.159. The van der Waals surface area contributed by atoms with Gasteiger partial charge in [-0.2, -0.15) is 0 Å². The fourth-order valence-electron chi connectivity index (χ4n) is 2.10. The molecule has 1 aromatic carbocycles. The molecule has 0 spiro atoms. The zero-order chi connectivity index (χ0) is 14.1. The Labute approximate surface area is 115 Å². The number of halogens is 1. The average molecular weight is 269 g/mol. The van der Waals surface area contributed by atoms with Crippen LogP contribution in [0.15, 0.2) is 47.2 Å². The van der Waals surface area contributed by atoms with E-state index >= 15 is 0 Å². The Morgan fingerprint density at radius 2 is 1.90 bits per heavy atom. The van der Waals surface area contributed by atoms with Gasteiger partial charge in [0.05, 0.1) is 5.56 Å². The summed E-state index contributed by atoms with van der Waals surface area (Å²) in [7, 11) is 0. The number of nitrogens with zero attached hydrogens (tertiary/aromatic N) is 2. The molecule has 0 saturated carbocycles. The zero-order valence-electron chi connectivity index (χ0n) is 10.8. The number of hydrogen-bond acceptors (Lipinski definition) is 4. The zero-order valence-corrected chi connectivity index (χ0v) is 10.8. The lowest BCUT2D eigenvalue weighted by Gasteiger charge is -2.04. The second-order valence-electron chi connectivity index (χ2n) is 4.49. The van der Waals surface area contributed by atoms with Gasteiger partial charge in [0.25, 0.3) is 0 Å². The summed E-state index contributed by atoms with van der Waals surface area (Å²) in [5.74, 6) is -0.202. The second kappa shape index (κ2) is 4.77. The maximum atomic E-state index is 14.0. The molecule has 2 heterocycles. The first kappa shape index (κ1) is 12.3. The van der Waals surface area contributed by atoms with E-state index in [1.165, 1.54) is 6.07 Å². The van der Waals surface area contributed by atoms with Crippen LogP contribution in [0.3, 0.4) is 0 Å². The molecule has 0 saturated heterocycles. The third-order valence-corrected chi connectivity index (χ3v) is 3.06. The van der Waals surface area contributed by atoms with Gasteiger partial charge >= 0.3 is 0 Å². The summed E-state index contributed by atoms with van der Waals surface area (Å²) in [6.07, 6.45) is 3.27. The number of hydrogen-bond donors (Lipinski definition) is 1. The van der Waals surface area contributed by atoms with Crippen LogP contribution in [0.5, 0.6) is 0 Å². The molecular formula is C15H12FN3O. The number of nitrogen functional groups attached to an aromatic ring is 1. The van der Waals surface area contributed by atoms with E-state index in [0.717, 1.165) is 11.1 Å². The highest BCUT2D eigenvalue weighted by molar-refractivity contribution is 5.86. The molecule has 20 heavy (non-hydrogen) atoms. The van der Waals surface area contributed by atoms with Crippen LogP contribution in [0, 0.1) is 12.7 Å². The van der Waals surface area contributed by atoms with Crippen LogP contribution >= 0.6 is 0 Å². The lowest BCUT2D eigenvalue weighted by atomic mass is 10.0. The van der Waals surface area contributed by atoms with Gasteiger partial charge in [0.1, 0.15) is 11.5 Å². The third-order valence-electron chi connectivity index (χ3n) is 3.06. The molecule has 0 amide bonds. The first-order valence-corrected chi connectivity index (χ1v) is 6.09. The molecule has 0 radical (unpaired) electrons. The van der Waals surface area contributed by atoms with E-state index in [-0.39, 0.29) is 11.7 Å². The highest BCUT2D eigenvalue weighted by Crippen LogP contribution is 2.37. The minimum Gasteiger partial charge on any atom is -0.367 e. The predicted octanol–water partition coefficient (Wildman–Crippen LogP) is 3.43. The first-order valence-electron chi connectivity index (χ1n) is 6.09. The van der Waals surface area contributed by atoms with Gasteiger partial charge in [-0.1, -0.05) is 16.8 Å². The van der Waals surface area contributed by atoms with Crippen LogP contribution in [0.4, 0.5) is 10.3 Å². The molecule has 0 aliphatic heterocycles. The molecule has 0 aliphatic carbocycles. The standard InChI is InChI=1S/C15H12FN3O/c1-9-2-3-12(16)11(8-9)14-13(15(17)20-19-14)10-4-6-18-7-5-10/h2-8H,17H2,1H3. The largest absolute Gasteiger partial charge is 0.367 e. The number of pyridine rings is 1. The van der Waals surface area contributed by atoms with Crippen LogP contribution in [0.2, 0.25) is 0 Å². The van der Waals surface area contributed by atoms with E-state index in [1.807, 2.05) is 6.92 Å². The molecule has 0 aliphatic rings. The van der Waals surface area contributed by atoms with Crippen molar-refractivity contribution in [3.05, 3.63) is 54.1 Å². The van der Waals surface area contributed by atoms with Gasteiger partial charge in [-0.3, -0.25) is 4.98 Å². The van der Waals surface area contributed by atoms with E-state index in [0.29, 0.717) is 16.8 Å². The SMILES string of the molecule is Cc1ccc(F)c(-c2noc(N)c2-c2ccncc2)c1. The van der Waals surface area contributed by atoms with E-state index in [1.54, 1.807) is 36.7 Å². The molecule has 2 N–H and O–H groups in total. The average Bonchev–Trinajstić information content (AvgIpc) is 2.84. The van der Waals surface area contributed by atoms with Crippen LogP contribution in [-0.2, 0) is 0 Å². The quantitative estimate of drug-likeness (QED) is 0.774. The molecule has 0 fully saturated rings. The van der Waals surface area contributed by atoms with Crippen molar-refractivity contribution >= 4 is 5.88 Å². The van der Waals surface area contributed by atoms with Crippen LogP contribution in [0.25, 0.3) is 22.4 Å². The summed E-state index contributed by atoms with van der Waals surface area (Å²) >= 11 is 0. The van der Waals surface area contributed by atoms with Crippen molar-refractivity contribution in [2.75, 3.05) is 5.73 Å². The lowest BCUT2D eigenvalue weighted by Crippen LogP contribution is -1.91. The summed E-state index contributed by atoms with van der Waals surface area (Å²) in [6.45, 7) is 1.89. The van der Waals surface area contributed by atoms with E-state index < -0.39 is 0 Å². The Bertz CT molecular complexity index is 753. The number of aromatic nitrogens is 2. The predicted molar refractivity (Wildman–Crippen MR) is 74.3 cm³/mol. The molecule has 0 bridgehead atoms. The molecule has 2 aromatic heterocycles. The molecule has 3 rings (SSSR count). The summed E-state index contributed by atoms with van der Waals surface area (Å²) in [4.78, 5) is 3.95. The van der Waals surface area contributed by atoms with Gasteiger partial charge < -0.3 is 10.3 Å². The Kier molecular flexibility index (Phi) is 2.95. The van der Waals surface area contributed by atoms with E-state index in [9.17, 15) is 4.39 Å². The summed E-state index contributed by atoms with van der Waals surface area (Å²) in [6, 6.07) is 8.39. The van der Waals surface area contributed by atoms with Crippen LogP contribution in [0.1, 0.15) is 5.56 Å². The number of rotatable bonds is 2. The van der Waals surface area contributed by atoms with Gasteiger partial charge in [-0.15, -0.1) is 0 Å². The Morgan fingerprint density at radius 1 is 1.15 bits per heavy atom. The van der Waals surface area contributed by atoms with Crippen molar-refractivity contribution in [3.63, 3.8) is 0 Å². The highest BCUT2D eigenvalue weighted by atomic mass is 19.1. The lowest BCUT2D eigenvalue weighted by molar-refractivity contribution is 0.439. The molecule has 5 heteroatoms. The Morgan fingerprint density at radius 3 is 2.65 bits per heavy atom. The minimum atomic E-state index is -0.362. The maximum absolute atomic E-state index is 14.0. The number of nitrogens with two attached hydrogens (primary N) is 1. The van der Waals surface area contributed by atoms with Crippen LogP contribution in [-0.4, -0.2) is 10.1 Å². The van der Waals surface area contributed by atoms with Gasteiger partial charge in [-0.25, -0.2) is 4.39 Å². The molecule has 3 aromatic rings.